The standard InChI is InChI=1S/C15H19N3O4S2/c1-3-17-7-5-11(19)16-15(17)23-8-4-6-18-12(20)10-24-13(18)9-14(21)22-2/h5,7,9H,3-4,6,8,10H2,1-2H3/b13-9-. The number of ether oxygens (including phenoxy) is 1. The van der Waals surface area contributed by atoms with Gasteiger partial charge < -0.3 is 14.2 Å². The minimum Gasteiger partial charge on any atom is -0.466 e. The van der Waals surface area contributed by atoms with Gasteiger partial charge in [0.1, 0.15) is 0 Å². The predicted molar refractivity (Wildman–Crippen MR) is 93.8 cm³/mol. The molecule has 1 amide bonds. The molecule has 1 aromatic heterocycles. The van der Waals surface area contributed by atoms with Crippen molar-refractivity contribution < 1.29 is 14.3 Å². The number of carbonyl (C=O) groups is 2. The Balaban J connectivity index is 1.90. The Morgan fingerprint density at radius 2 is 2.29 bits per heavy atom. The zero-order valence-electron chi connectivity index (χ0n) is 13.6. The summed E-state index contributed by atoms with van der Waals surface area (Å²) in [5, 5.41) is 1.30. The molecule has 0 bridgehead atoms. The van der Waals surface area contributed by atoms with Gasteiger partial charge in [0.05, 0.1) is 24.0 Å². The first-order valence-electron chi connectivity index (χ1n) is 7.48. The van der Waals surface area contributed by atoms with Gasteiger partial charge in [-0.3, -0.25) is 9.59 Å². The molecule has 7 nitrogen and oxygen atoms in total. The molecule has 1 fully saturated rings. The quantitative estimate of drug-likeness (QED) is 0.236. The number of aryl methyl sites for hydroxylation is 1. The highest BCUT2D eigenvalue weighted by molar-refractivity contribution is 8.04. The van der Waals surface area contributed by atoms with Crippen LogP contribution in [0.1, 0.15) is 13.3 Å². The highest BCUT2D eigenvalue weighted by Gasteiger charge is 2.26. The zero-order valence-corrected chi connectivity index (χ0v) is 15.2. The molecule has 2 rings (SSSR count). The number of carbonyl (C=O) groups excluding carboxylic acids is 2. The molecule has 1 saturated heterocycles. The van der Waals surface area contributed by atoms with E-state index < -0.39 is 5.97 Å². The van der Waals surface area contributed by atoms with Gasteiger partial charge in [0.15, 0.2) is 5.16 Å². The van der Waals surface area contributed by atoms with Crippen molar-refractivity contribution in [1.29, 1.82) is 0 Å². The maximum absolute atomic E-state index is 11.9. The molecule has 2 heterocycles. The van der Waals surface area contributed by atoms with Crippen molar-refractivity contribution in [2.45, 2.75) is 25.0 Å². The maximum atomic E-state index is 11.9. The highest BCUT2D eigenvalue weighted by atomic mass is 32.2. The topological polar surface area (TPSA) is 81.5 Å². The van der Waals surface area contributed by atoms with E-state index in [1.807, 2.05) is 11.5 Å². The average molecular weight is 369 g/mol. The first kappa shape index (κ1) is 18.6. The van der Waals surface area contributed by atoms with Gasteiger partial charge >= 0.3 is 5.97 Å². The minimum absolute atomic E-state index is 0.0107. The summed E-state index contributed by atoms with van der Waals surface area (Å²) in [7, 11) is 1.31. The average Bonchev–Trinajstić information content (AvgIpc) is 2.91. The lowest BCUT2D eigenvalue weighted by atomic mass is 10.4. The van der Waals surface area contributed by atoms with Crippen LogP contribution in [-0.2, 0) is 20.9 Å². The van der Waals surface area contributed by atoms with Gasteiger partial charge in [0.25, 0.3) is 5.56 Å². The molecule has 0 spiro atoms. The van der Waals surface area contributed by atoms with E-state index in [-0.39, 0.29) is 11.5 Å². The van der Waals surface area contributed by atoms with Crippen LogP contribution in [0.5, 0.6) is 0 Å². The van der Waals surface area contributed by atoms with Crippen LogP contribution in [-0.4, -0.2) is 51.5 Å². The third-order valence-electron chi connectivity index (χ3n) is 3.30. The lowest BCUT2D eigenvalue weighted by Gasteiger charge is -2.16. The number of hydrogen-bond acceptors (Lipinski definition) is 7. The second kappa shape index (κ2) is 8.93. The summed E-state index contributed by atoms with van der Waals surface area (Å²) in [4.78, 5) is 40.2. The number of hydrogen-bond donors (Lipinski definition) is 0. The molecule has 1 aromatic rings. The van der Waals surface area contributed by atoms with Gasteiger partial charge in [-0.25, -0.2) is 4.79 Å². The van der Waals surface area contributed by atoms with Crippen LogP contribution < -0.4 is 5.56 Å². The first-order chi connectivity index (χ1) is 11.5. The van der Waals surface area contributed by atoms with E-state index in [9.17, 15) is 14.4 Å². The molecule has 1 aliphatic rings. The van der Waals surface area contributed by atoms with E-state index in [0.717, 1.165) is 18.7 Å². The number of amides is 1. The number of methoxy groups -OCH3 is 1. The van der Waals surface area contributed by atoms with Crippen molar-refractivity contribution in [2.75, 3.05) is 25.2 Å². The number of aromatic nitrogens is 2. The number of thioether (sulfide) groups is 2. The van der Waals surface area contributed by atoms with Crippen molar-refractivity contribution in [3.8, 4) is 0 Å². The summed E-state index contributed by atoms with van der Waals surface area (Å²) in [6, 6.07) is 1.44. The maximum Gasteiger partial charge on any atom is 0.333 e. The van der Waals surface area contributed by atoms with Gasteiger partial charge in [0.2, 0.25) is 5.91 Å². The van der Waals surface area contributed by atoms with Crippen molar-refractivity contribution >= 4 is 35.4 Å². The van der Waals surface area contributed by atoms with Crippen LogP contribution in [0.4, 0.5) is 0 Å². The van der Waals surface area contributed by atoms with Gasteiger partial charge in [-0.1, -0.05) is 23.5 Å². The van der Waals surface area contributed by atoms with E-state index in [0.29, 0.717) is 22.5 Å². The summed E-state index contributed by atoms with van der Waals surface area (Å²) in [5.74, 6) is 0.581. The van der Waals surface area contributed by atoms with Gasteiger partial charge in [-0.15, -0.1) is 0 Å². The van der Waals surface area contributed by atoms with Crippen molar-refractivity contribution in [3.63, 3.8) is 0 Å². The van der Waals surface area contributed by atoms with Crippen LogP contribution in [0, 0.1) is 0 Å². The molecular formula is C15H19N3O4S2. The molecule has 0 radical (unpaired) electrons. The fourth-order valence-electron chi connectivity index (χ4n) is 2.08. The Labute approximate surface area is 148 Å². The summed E-state index contributed by atoms with van der Waals surface area (Å²) >= 11 is 2.82. The lowest BCUT2D eigenvalue weighted by molar-refractivity contribution is -0.134. The Hall–Kier alpha value is -1.74. The molecule has 0 unspecified atom stereocenters. The fourth-order valence-corrected chi connectivity index (χ4v) is 4.01. The van der Waals surface area contributed by atoms with Gasteiger partial charge in [-0.05, 0) is 13.3 Å². The van der Waals surface area contributed by atoms with Crippen LogP contribution >= 0.6 is 23.5 Å². The molecule has 9 heteroatoms. The van der Waals surface area contributed by atoms with E-state index in [1.54, 1.807) is 11.1 Å². The van der Waals surface area contributed by atoms with Crippen LogP contribution in [0.15, 0.2) is 33.3 Å². The van der Waals surface area contributed by atoms with Gasteiger partial charge in [0, 0.05) is 31.1 Å². The third-order valence-corrected chi connectivity index (χ3v) is 5.40. The Morgan fingerprint density at radius 3 is 3.00 bits per heavy atom. The van der Waals surface area contributed by atoms with Crippen molar-refractivity contribution in [3.05, 3.63) is 33.7 Å². The highest BCUT2D eigenvalue weighted by Crippen LogP contribution is 2.29. The lowest BCUT2D eigenvalue weighted by Crippen LogP contribution is -2.26. The van der Waals surface area contributed by atoms with Gasteiger partial charge in [-0.2, -0.15) is 4.98 Å². The second-order valence-corrected chi connectivity index (χ2v) is 6.93. The van der Waals surface area contributed by atoms with E-state index in [1.165, 1.54) is 42.8 Å². The monoisotopic (exact) mass is 369 g/mol. The molecule has 0 aliphatic carbocycles. The molecule has 130 valence electrons. The molecule has 0 saturated carbocycles. The van der Waals surface area contributed by atoms with Crippen LogP contribution in [0.2, 0.25) is 0 Å². The molecule has 0 N–H and O–H groups in total. The fraction of sp³-hybridized carbons (Fsp3) is 0.467. The number of esters is 1. The largest absolute Gasteiger partial charge is 0.466 e. The van der Waals surface area contributed by atoms with E-state index >= 15 is 0 Å². The van der Waals surface area contributed by atoms with Crippen LogP contribution in [0.25, 0.3) is 0 Å². The SMILES string of the molecule is CCn1ccc(=O)nc1SCCCN1C(=O)CS/C1=C\C(=O)OC. The Bertz CT molecular complexity index is 702. The Morgan fingerprint density at radius 1 is 1.50 bits per heavy atom. The number of rotatable bonds is 7. The molecular weight excluding hydrogens is 350 g/mol. The zero-order chi connectivity index (χ0) is 17.5. The predicted octanol–water partition coefficient (Wildman–Crippen LogP) is 1.34. The molecule has 0 aromatic carbocycles. The summed E-state index contributed by atoms with van der Waals surface area (Å²) in [5.41, 5.74) is -0.253. The molecule has 1 aliphatic heterocycles. The molecule has 0 atom stereocenters. The summed E-state index contributed by atoms with van der Waals surface area (Å²) in [6.07, 6.45) is 3.80. The third kappa shape index (κ3) is 4.88. The minimum atomic E-state index is -0.466. The number of nitrogens with zero attached hydrogens (tertiary/aromatic N) is 3. The van der Waals surface area contributed by atoms with E-state index in [4.69, 9.17) is 0 Å². The first-order valence-corrected chi connectivity index (χ1v) is 9.45. The Kier molecular flexibility index (Phi) is 6.92. The smallest absolute Gasteiger partial charge is 0.333 e. The van der Waals surface area contributed by atoms with Crippen molar-refractivity contribution in [1.82, 2.24) is 14.5 Å². The van der Waals surface area contributed by atoms with Crippen molar-refractivity contribution in [2.24, 2.45) is 0 Å². The molecule has 24 heavy (non-hydrogen) atoms. The summed E-state index contributed by atoms with van der Waals surface area (Å²) in [6.45, 7) is 3.24. The second-order valence-electron chi connectivity index (χ2n) is 4.88. The summed E-state index contributed by atoms with van der Waals surface area (Å²) < 4.78 is 6.51. The van der Waals surface area contributed by atoms with E-state index in [2.05, 4.69) is 9.72 Å². The van der Waals surface area contributed by atoms with Crippen LogP contribution in [0.3, 0.4) is 0 Å². The normalized spacial score (nSPS) is 16.0.